The van der Waals surface area contributed by atoms with Gasteiger partial charge in [0.15, 0.2) is 5.78 Å². The molecule has 0 atom stereocenters. The summed E-state index contributed by atoms with van der Waals surface area (Å²) in [4.78, 5) is 12.3. The lowest BCUT2D eigenvalue weighted by atomic mass is 9.84. The summed E-state index contributed by atoms with van der Waals surface area (Å²) >= 11 is 0. The Kier molecular flexibility index (Phi) is 3.41. The van der Waals surface area contributed by atoms with E-state index in [0.717, 1.165) is 11.1 Å². The number of methoxy groups -OCH3 is 1. The predicted molar refractivity (Wildman–Crippen MR) is 66.3 cm³/mol. The zero-order chi connectivity index (χ0) is 12.5. The van der Waals surface area contributed by atoms with Gasteiger partial charge in [-0.2, -0.15) is 0 Å². The molecule has 0 saturated heterocycles. The van der Waals surface area contributed by atoms with E-state index >= 15 is 0 Å². The van der Waals surface area contributed by atoms with Crippen LogP contribution in [0.5, 0.6) is 5.75 Å². The van der Waals surface area contributed by atoms with Crippen LogP contribution >= 0.6 is 0 Å². The van der Waals surface area contributed by atoms with Gasteiger partial charge in [0.2, 0.25) is 0 Å². The molecule has 0 aliphatic carbocycles. The van der Waals surface area contributed by atoms with Crippen LogP contribution < -0.4 is 4.74 Å². The van der Waals surface area contributed by atoms with Crippen molar-refractivity contribution in [1.82, 2.24) is 0 Å². The normalized spacial score (nSPS) is 11.4. The van der Waals surface area contributed by atoms with Gasteiger partial charge in [-0.05, 0) is 31.0 Å². The minimum Gasteiger partial charge on any atom is -0.496 e. The first-order valence-corrected chi connectivity index (χ1v) is 5.47. The molecule has 2 nitrogen and oxygen atoms in total. The Morgan fingerprint density at radius 3 is 2.19 bits per heavy atom. The molecule has 0 unspecified atom stereocenters. The van der Waals surface area contributed by atoms with Crippen molar-refractivity contribution < 1.29 is 9.53 Å². The molecule has 0 heterocycles. The third-order valence-electron chi connectivity index (χ3n) is 2.57. The van der Waals surface area contributed by atoms with Crippen LogP contribution in [0.3, 0.4) is 0 Å². The molecule has 88 valence electrons. The summed E-state index contributed by atoms with van der Waals surface area (Å²) < 4.78 is 5.30. The van der Waals surface area contributed by atoms with Gasteiger partial charge in [0.25, 0.3) is 0 Å². The molecule has 0 radical (unpaired) electrons. The number of Topliss-reactive ketones (excluding diaryl/α,β-unsaturated/α-hetero) is 1. The lowest BCUT2D eigenvalue weighted by Crippen LogP contribution is -2.22. The molecule has 0 bridgehead atoms. The number of hydrogen-bond acceptors (Lipinski definition) is 2. The van der Waals surface area contributed by atoms with E-state index < -0.39 is 0 Å². The first-order valence-electron chi connectivity index (χ1n) is 5.47. The molecule has 0 fully saturated rings. The molecule has 0 N–H and O–H groups in total. The first kappa shape index (κ1) is 12.8. The Hall–Kier alpha value is -1.31. The van der Waals surface area contributed by atoms with Crippen molar-refractivity contribution in [2.75, 3.05) is 7.11 Å². The Morgan fingerprint density at radius 1 is 1.19 bits per heavy atom. The van der Waals surface area contributed by atoms with Gasteiger partial charge >= 0.3 is 0 Å². The van der Waals surface area contributed by atoms with Crippen LogP contribution in [-0.4, -0.2) is 12.9 Å². The van der Waals surface area contributed by atoms with E-state index in [1.807, 2.05) is 46.8 Å². The van der Waals surface area contributed by atoms with Gasteiger partial charge in [-0.25, -0.2) is 0 Å². The molecule has 0 spiro atoms. The molecule has 1 aromatic carbocycles. The zero-order valence-corrected chi connectivity index (χ0v) is 11.0. The quantitative estimate of drug-likeness (QED) is 0.712. The molecule has 0 aliphatic rings. The topological polar surface area (TPSA) is 26.3 Å². The maximum Gasteiger partial charge on any atom is 0.172 e. The van der Waals surface area contributed by atoms with E-state index in [0.29, 0.717) is 11.3 Å². The highest BCUT2D eigenvalue weighted by molar-refractivity contribution is 6.03. The van der Waals surface area contributed by atoms with Gasteiger partial charge in [-0.1, -0.05) is 26.8 Å². The number of carbonyl (C=O) groups is 1. The smallest absolute Gasteiger partial charge is 0.172 e. The van der Waals surface area contributed by atoms with Gasteiger partial charge < -0.3 is 4.74 Å². The Balaban J connectivity index is 3.38. The second-order valence-electron chi connectivity index (χ2n) is 5.24. The van der Waals surface area contributed by atoms with Crippen LogP contribution in [0.2, 0.25) is 0 Å². The zero-order valence-electron chi connectivity index (χ0n) is 11.0. The minimum absolute atomic E-state index is 0.127. The van der Waals surface area contributed by atoms with Crippen LogP contribution in [0.1, 0.15) is 42.3 Å². The monoisotopic (exact) mass is 220 g/mol. The maximum absolute atomic E-state index is 12.3. The average Bonchev–Trinajstić information content (AvgIpc) is 2.14. The highest BCUT2D eigenvalue weighted by Gasteiger charge is 2.27. The molecule has 0 saturated carbocycles. The fourth-order valence-electron chi connectivity index (χ4n) is 1.76. The Bertz CT molecular complexity index is 411. The average molecular weight is 220 g/mol. The summed E-state index contributed by atoms with van der Waals surface area (Å²) in [5.41, 5.74) is 2.42. The lowest BCUT2D eigenvalue weighted by molar-refractivity contribution is 0.0854. The Labute approximate surface area is 97.6 Å². The number of ether oxygens (including phenoxy) is 1. The summed E-state index contributed by atoms with van der Waals surface area (Å²) in [6.45, 7) is 9.73. The number of aryl methyl sites for hydroxylation is 2. The third kappa shape index (κ3) is 2.43. The van der Waals surface area contributed by atoms with Crippen LogP contribution in [0, 0.1) is 19.3 Å². The molecule has 1 rings (SSSR count). The number of carbonyl (C=O) groups excluding carboxylic acids is 1. The minimum atomic E-state index is -0.382. The molecule has 1 aromatic rings. The van der Waals surface area contributed by atoms with Gasteiger partial charge in [-0.3, -0.25) is 4.79 Å². The summed E-state index contributed by atoms with van der Waals surface area (Å²) in [6.07, 6.45) is 0. The SMILES string of the molecule is COc1cc(C)cc(C)c1C(=O)C(C)(C)C. The van der Waals surface area contributed by atoms with E-state index in [9.17, 15) is 4.79 Å². The van der Waals surface area contributed by atoms with Crippen LogP contribution in [0.15, 0.2) is 12.1 Å². The van der Waals surface area contributed by atoms with Crippen molar-refractivity contribution in [3.05, 3.63) is 28.8 Å². The van der Waals surface area contributed by atoms with Gasteiger partial charge in [0.05, 0.1) is 12.7 Å². The number of benzene rings is 1. The second kappa shape index (κ2) is 4.28. The van der Waals surface area contributed by atoms with Gasteiger partial charge in [0.1, 0.15) is 5.75 Å². The summed E-state index contributed by atoms with van der Waals surface area (Å²) in [6, 6.07) is 3.92. The number of rotatable bonds is 2. The summed E-state index contributed by atoms with van der Waals surface area (Å²) in [5.74, 6) is 0.805. The second-order valence-corrected chi connectivity index (χ2v) is 5.24. The largest absolute Gasteiger partial charge is 0.496 e. The van der Waals surface area contributed by atoms with Crippen LogP contribution in [0.25, 0.3) is 0 Å². The van der Waals surface area contributed by atoms with E-state index in [-0.39, 0.29) is 11.2 Å². The highest BCUT2D eigenvalue weighted by Crippen LogP contribution is 2.30. The fraction of sp³-hybridized carbons (Fsp3) is 0.500. The van der Waals surface area contributed by atoms with Crippen LogP contribution in [-0.2, 0) is 0 Å². The number of ketones is 1. The van der Waals surface area contributed by atoms with Gasteiger partial charge in [-0.15, -0.1) is 0 Å². The fourth-order valence-corrected chi connectivity index (χ4v) is 1.76. The van der Waals surface area contributed by atoms with Crippen molar-refractivity contribution in [2.45, 2.75) is 34.6 Å². The van der Waals surface area contributed by atoms with Crippen molar-refractivity contribution in [3.8, 4) is 5.75 Å². The molecular weight excluding hydrogens is 200 g/mol. The van der Waals surface area contributed by atoms with Crippen LogP contribution in [0.4, 0.5) is 0 Å². The van der Waals surface area contributed by atoms with E-state index in [1.165, 1.54) is 0 Å². The molecule has 16 heavy (non-hydrogen) atoms. The van der Waals surface area contributed by atoms with E-state index in [2.05, 4.69) is 0 Å². The van der Waals surface area contributed by atoms with Crippen molar-refractivity contribution >= 4 is 5.78 Å². The molecule has 2 heteroatoms. The summed E-state index contributed by atoms with van der Waals surface area (Å²) in [7, 11) is 1.60. The van der Waals surface area contributed by atoms with Crippen molar-refractivity contribution in [2.24, 2.45) is 5.41 Å². The highest BCUT2D eigenvalue weighted by atomic mass is 16.5. The van der Waals surface area contributed by atoms with E-state index in [4.69, 9.17) is 4.74 Å². The summed E-state index contributed by atoms with van der Waals surface area (Å²) in [5, 5.41) is 0. The molecule has 0 amide bonds. The predicted octanol–water partition coefficient (Wildman–Crippen LogP) is 3.54. The molecule has 0 aliphatic heterocycles. The maximum atomic E-state index is 12.3. The first-order chi connectivity index (χ1) is 7.27. The number of hydrogen-bond donors (Lipinski definition) is 0. The molecular formula is C14H20O2. The molecule has 0 aromatic heterocycles. The lowest BCUT2D eigenvalue weighted by Gasteiger charge is -2.20. The van der Waals surface area contributed by atoms with Crippen molar-refractivity contribution in [1.29, 1.82) is 0 Å². The van der Waals surface area contributed by atoms with Crippen molar-refractivity contribution in [3.63, 3.8) is 0 Å². The van der Waals surface area contributed by atoms with Gasteiger partial charge in [0, 0.05) is 5.41 Å². The third-order valence-corrected chi connectivity index (χ3v) is 2.57. The Morgan fingerprint density at radius 2 is 1.75 bits per heavy atom. The standard InChI is InChI=1S/C14H20O2/c1-9-7-10(2)12(11(8-9)16-6)13(15)14(3,4)5/h7-8H,1-6H3. The van der Waals surface area contributed by atoms with E-state index in [1.54, 1.807) is 7.11 Å².